The van der Waals surface area contributed by atoms with E-state index in [0.717, 1.165) is 30.2 Å². The normalized spacial score (nSPS) is 16.8. The van der Waals surface area contributed by atoms with Crippen LogP contribution < -0.4 is 14.8 Å². The number of hydrogen-bond donors (Lipinski definition) is 1. The molecule has 0 saturated carbocycles. The highest BCUT2D eigenvalue weighted by Gasteiger charge is 2.23. The first-order valence-corrected chi connectivity index (χ1v) is 8.58. The van der Waals surface area contributed by atoms with Crippen LogP contribution in [-0.4, -0.2) is 29.5 Å². The molecule has 1 N–H and O–H groups in total. The van der Waals surface area contributed by atoms with Crippen molar-refractivity contribution in [3.63, 3.8) is 0 Å². The number of ether oxygens (including phenoxy) is 2. The van der Waals surface area contributed by atoms with E-state index in [0.29, 0.717) is 18.7 Å². The van der Waals surface area contributed by atoms with Crippen LogP contribution in [0.3, 0.4) is 0 Å². The van der Waals surface area contributed by atoms with Gasteiger partial charge in [-0.2, -0.15) is 5.10 Å². The summed E-state index contributed by atoms with van der Waals surface area (Å²) in [6.45, 7) is 10.0. The SMILES string of the molecule is COc1cccc2c1OC[C@H](NCc1c(C)nn(C(C)C)c1C)C2. The van der Waals surface area contributed by atoms with Gasteiger partial charge in [0.15, 0.2) is 11.5 Å². The Kier molecular flexibility index (Phi) is 4.81. The van der Waals surface area contributed by atoms with Gasteiger partial charge in [-0.3, -0.25) is 4.68 Å². The molecule has 5 heteroatoms. The average molecular weight is 329 g/mol. The number of rotatable bonds is 5. The molecular weight excluding hydrogens is 302 g/mol. The molecule has 0 fully saturated rings. The number of aromatic nitrogens is 2. The first-order chi connectivity index (χ1) is 11.5. The molecule has 130 valence electrons. The molecule has 1 aromatic heterocycles. The highest BCUT2D eigenvalue weighted by molar-refractivity contribution is 5.48. The van der Waals surface area contributed by atoms with E-state index in [2.05, 4.69) is 48.9 Å². The van der Waals surface area contributed by atoms with Crippen molar-refractivity contribution in [1.82, 2.24) is 15.1 Å². The van der Waals surface area contributed by atoms with Crippen molar-refractivity contribution >= 4 is 0 Å². The molecule has 0 unspecified atom stereocenters. The number of aryl methyl sites for hydroxylation is 1. The highest BCUT2D eigenvalue weighted by Crippen LogP contribution is 2.34. The largest absolute Gasteiger partial charge is 0.493 e. The standard InChI is InChI=1S/C19H27N3O2/c1-12(2)22-14(4)17(13(3)21-22)10-20-16-9-15-7-6-8-18(23-5)19(15)24-11-16/h6-8,12,16,20H,9-11H2,1-5H3/t16-/m1/s1. The minimum Gasteiger partial charge on any atom is -0.493 e. The van der Waals surface area contributed by atoms with Gasteiger partial charge in [-0.1, -0.05) is 12.1 Å². The smallest absolute Gasteiger partial charge is 0.164 e. The summed E-state index contributed by atoms with van der Waals surface area (Å²) in [5, 5.41) is 8.29. The second kappa shape index (κ2) is 6.85. The van der Waals surface area contributed by atoms with Crippen LogP contribution in [0, 0.1) is 13.8 Å². The topological polar surface area (TPSA) is 48.3 Å². The van der Waals surface area contributed by atoms with E-state index in [1.165, 1.54) is 16.8 Å². The summed E-state index contributed by atoms with van der Waals surface area (Å²) in [7, 11) is 1.68. The van der Waals surface area contributed by atoms with Gasteiger partial charge < -0.3 is 14.8 Å². The molecule has 0 radical (unpaired) electrons. The molecule has 2 aromatic rings. The predicted molar refractivity (Wildman–Crippen MR) is 94.9 cm³/mol. The molecule has 1 aromatic carbocycles. The molecule has 0 aliphatic carbocycles. The fourth-order valence-electron chi connectivity index (χ4n) is 3.39. The summed E-state index contributed by atoms with van der Waals surface area (Å²) < 4.78 is 13.4. The van der Waals surface area contributed by atoms with Gasteiger partial charge in [0.1, 0.15) is 6.61 Å². The molecule has 3 rings (SSSR count). The average Bonchev–Trinajstić information content (AvgIpc) is 2.86. The number of hydrogen-bond acceptors (Lipinski definition) is 4. The second-order valence-electron chi connectivity index (χ2n) is 6.73. The predicted octanol–water partition coefficient (Wildman–Crippen LogP) is 3.18. The molecule has 0 saturated heterocycles. The summed E-state index contributed by atoms with van der Waals surface area (Å²) in [6, 6.07) is 6.75. The van der Waals surface area contributed by atoms with Crippen molar-refractivity contribution in [3.05, 3.63) is 40.7 Å². The van der Waals surface area contributed by atoms with Crippen LogP contribution in [0.2, 0.25) is 0 Å². The third-order valence-electron chi connectivity index (χ3n) is 4.71. The molecule has 5 nitrogen and oxygen atoms in total. The van der Waals surface area contributed by atoms with E-state index >= 15 is 0 Å². The van der Waals surface area contributed by atoms with Gasteiger partial charge in [0.2, 0.25) is 0 Å². The molecule has 24 heavy (non-hydrogen) atoms. The summed E-state index contributed by atoms with van der Waals surface area (Å²) in [4.78, 5) is 0. The lowest BCUT2D eigenvalue weighted by Gasteiger charge is -2.27. The highest BCUT2D eigenvalue weighted by atomic mass is 16.5. The third kappa shape index (κ3) is 3.13. The summed E-state index contributed by atoms with van der Waals surface area (Å²) in [6.07, 6.45) is 0.947. The van der Waals surface area contributed by atoms with Gasteiger partial charge in [0.05, 0.1) is 12.8 Å². The third-order valence-corrected chi connectivity index (χ3v) is 4.71. The van der Waals surface area contributed by atoms with E-state index in [1.807, 2.05) is 12.1 Å². The quantitative estimate of drug-likeness (QED) is 0.915. The second-order valence-corrected chi connectivity index (χ2v) is 6.73. The Hall–Kier alpha value is -2.01. The minimum atomic E-state index is 0.297. The Morgan fingerprint density at radius 3 is 2.83 bits per heavy atom. The number of para-hydroxylation sites is 1. The molecule has 0 spiro atoms. The van der Waals surface area contributed by atoms with Gasteiger partial charge >= 0.3 is 0 Å². The molecule has 1 aliphatic heterocycles. The lowest BCUT2D eigenvalue weighted by atomic mass is 10.0. The van der Waals surface area contributed by atoms with Crippen LogP contribution in [-0.2, 0) is 13.0 Å². The maximum atomic E-state index is 5.94. The number of benzene rings is 1. The van der Waals surface area contributed by atoms with Crippen molar-refractivity contribution in [2.45, 2.75) is 52.7 Å². The maximum Gasteiger partial charge on any atom is 0.164 e. The van der Waals surface area contributed by atoms with E-state index in [4.69, 9.17) is 9.47 Å². The van der Waals surface area contributed by atoms with Crippen LogP contribution in [0.15, 0.2) is 18.2 Å². The van der Waals surface area contributed by atoms with Crippen LogP contribution in [0.5, 0.6) is 11.5 Å². The van der Waals surface area contributed by atoms with Gasteiger partial charge in [-0.05, 0) is 45.7 Å². The van der Waals surface area contributed by atoms with Gasteiger partial charge in [-0.25, -0.2) is 0 Å². The molecule has 2 heterocycles. The minimum absolute atomic E-state index is 0.297. The Balaban J connectivity index is 1.69. The van der Waals surface area contributed by atoms with Crippen LogP contribution >= 0.6 is 0 Å². The van der Waals surface area contributed by atoms with Crippen LogP contribution in [0.25, 0.3) is 0 Å². The molecule has 0 bridgehead atoms. The number of nitrogens with one attached hydrogen (secondary N) is 1. The summed E-state index contributed by atoms with van der Waals surface area (Å²) in [5.41, 5.74) is 4.84. The monoisotopic (exact) mass is 329 g/mol. The van der Waals surface area contributed by atoms with Crippen LogP contribution in [0.1, 0.15) is 42.4 Å². The van der Waals surface area contributed by atoms with Crippen molar-refractivity contribution in [3.8, 4) is 11.5 Å². The summed E-state index contributed by atoms with van der Waals surface area (Å²) in [5.74, 6) is 1.70. The molecule has 0 amide bonds. The maximum absolute atomic E-state index is 5.94. The summed E-state index contributed by atoms with van der Waals surface area (Å²) >= 11 is 0. The van der Waals surface area contributed by atoms with E-state index in [1.54, 1.807) is 7.11 Å². The first-order valence-electron chi connectivity index (χ1n) is 8.58. The van der Waals surface area contributed by atoms with Gasteiger partial charge in [0, 0.05) is 29.9 Å². The van der Waals surface area contributed by atoms with Gasteiger partial charge in [-0.15, -0.1) is 0 Å². The van der Waals surface area contributed by atoms with Gasteiger partial charge in [0.25, 0.3) is 0 Å². The molecule has 1 aliphatic rings. The number of fused-ring (bicyclic) bond motifs is 1. The van der Waals surface area contributed by atoms with Crippen molar-refractivity contribution < 1.29 is 9.47 Å². The van der Waals surface area contributed by atoms with Crippen molar-refractivity contribution in [2.75, 3.05) is 13.7 Å². The lowest BCUT2D eigenvalue weighted by molar-refractivity contribution is 0.226. The molecular formula is C19H27N3O2. The Labute approximate surface area is 144 Å². The van der Waals surface area contributed by atoms with E-state index in [-0.39, 0.29) is 0 Å². The fourth-order valence-corrected chi connectivity index (χ4v) is 3.39. The first kappa shape index (κ1) is 16.8. The zero-order valence-electron chi connectivity index (χ0n) is 15.2. The van der Waals surface area contributed by atoms with E-state index in [9.17, 15) is 0 Å². The number of methoxy groups -OCH3 is 1. The zero-order chi connectivity index (χ0) is 17.3. The zero-order valence-corrected chi connectivity index (χ0v) is 15.2. The molecule has 1 atom stereocenters. The Morgan fingerprint density at radius 1 is 1.38 bits per heavy atom. The number of nitrogens with zero attached hydrogens (tertiary/aromatic N) is 2. The van der Waals surface area contributed by atoms with E-state index < -0.39 is 0 Å². The van der Waals surface area contributed by atoms with Crippen molar-refractivity contribution in [1.29, 1.82) is 0 Å². The lowest BCUT2D eigenvalue weighted by Crippen LogP contribution is -2.39. The Bertz CT molecular complexity index is 722. The Morgan fingerprint density at radius 2 is 2.17 bits per heavy atom. The van der Waals surface area contributed by atoms with Crippen molar-refractivity contribution in [2.24, 2.45) is 0 Å². The van der Waals surface area contributed by atoms with Crippen LogP contribution in [0.4, 0.5) is 0 Å². The fraction of sp³-hybridized carbons (Fsp3) is 0.526.